The molecule has 0 aromatic rings. The van der Waals surface area contributed by atoms with Crippen LogP contribution in [0, 0.1) is 0 Å². The fourth-order valence-corrected chi connectivity index (χ4v) is 1.72. The fraction of sp³-hybridized carbons (Fsp3) is 1.00. The van der Waals surface area contributed by atoms with Crippen LogP contribution in [0.4, 0.5) is 74.6 Å². The molecule has 0 saturated carbocycles. The fourth-order valence-electron chi connectivity index (χ4n) is 1.35. The van der Waals surface area contributed by atoms with Crippen molar-refractivity contribution in [3.63, 3.8) is 0 Å². The summed E-state index contributed by atoms with van der Waals surface area (Å²) in [5, 5.41) is 0. The molecule has 1 N–H and O–H groups in total. The maximum atomic E-state index is 13.1. The number of nitrogens with one attached hydrogen (secondary N) is 1. The second-order valence-corrected chi connectivity index (χ2v) is 5.63. The predicted molar refractivity (Wildman–Crippen MR) is 54.1 cm³/mol. The highest BCUT2D eigenvalue weighted by Crippen LogP contribution is 2.63. The van der Waals surface area contributed by atoms with Gasteiger partial charge < -0.3 is 0 Å². The van der Waals surface area contributed by atoms with Gasteiger partial charge in [-0.3, -0.25) is 0 Å². The normalized spacial score (nSPS) is 16.5. The summed E-state index contributed by atoms with van der Waals surface area (Å²) in [6.07, 6.45) is -7.83. The number of hydrogen-bond acceptors (Lipinski definition) is 2. The van der Waals surface area contributed by atoms with Crippen molar-refractivity contribution < 1.29 is 83.1 Å². The highest BCUT2D eigenvalue weighted by molar-refractivity contribution is 7.70. The first kappa shape index (κ1) is 27.7. The minimum Gasteiger partial charge on any atom is -0.215 e. The van der Waals surface area contributed by atoms with E-state index in [0.717, 1.165) is 0 Å². The molecule has 0 radical (unpaired) electrons. The van der Waals surface area contributed by atoms with Gasteiger partial charge in [-0.05, 0) is 0 Å². The van der Waals surface area contributed by atoms with Crippen LogP contribution in [0.15, 0.2) is 0 Å². The summed E-state index contributed by atoms with van der Waals surface area (Å²) in [4.78, 5) is 0. The highest BCUT2D eigenvalue weighted by atomic mass is 32.2. The van der Waals surface area contributed by atoms with Gasteiger partial charge >= 0.3 is 47.8 Å². The maximum absolute atomic E-state index is 13.1. The zero-order valence-corrected chi connectivity index (χ0v) is 13.1. The molecule has 0 atom stereocenters. The van der Waals surface area contributed by atoms with Crippen molar-refractivity contribution in [3.05, 3.63) is 0 Å². The van der Waals surface area contributed by atoms with Crippen molar-refractivity contribution in [2.24, 2.45) is 0 Å². The van der Waals surface area contributed by atoms with Gasteiger partial charge in [0.25, 0.3) is 0 Å². The number of rotatable bonds is 8. The van der Waals surface area contributed by atoms with Crippen molar-refractivity contribution in [2.75, 3.05) is 0 Å². The molecule has 0 aliphatic heterocycles. The standard InChI is InChI=1S/C8H2F17NO2S/c9-1(10,3(13,14)5(17,18)7(21,22)23)2(11,12)4(15,16)6(19,20)8(24,25)26-29(27)28/h29H,(H,26,27,28). The molecule has 176 valence electrons. The predicted octanol–water partition coefficient (Wildman–Crippen LogP) is 4.07. The smallest absolute Gasteiger partial charge is 0.215 e. The number of alkyl halides is 17. The average molecular weight is 499 g/mol. The van der Waals surface area contributed by atoms with Gasteiger partial charge in [0, 0.05) is 0 Å². The molecule has 0 saturated heterocycles. The molecule has 0 amide bonds. The van der Waals surface area contributed by atoms with Crippen LogP contribution >= 0.6 is 0 Å². The van der Waals surface area contributed by atoms with Crippen LogP contribution in [0.25, 0.3) is 0 Å². The van der Waals surface area contributed by atoms with Crippen LogP contribution < -0.4 is 4.72 Å². The van der Waals surface area contributed by atoms with Gasteiger partial charge in [-0.2, -0.15) is 74.6 Å². The molecule has 0 heterocycles. The SMILES string of the molecule is O=[SH](=O)NC(F)(F)C(F)(F)C(F)(F)C(F)(F)C(F)(F)C(F)(F)C(F)(F)C(F)(F)F. The molecule has 0 aromatic heterocycles. The molecule has 0 bridgehead atoms. The van der Waals surface area contributed by atoms with Gasteiger partial charge in [-0.1, -0.05) is 0 Å². The molecule has 29 heavy (non-hydrogen) atoms. The van der Waals surface area contributed by atoms with Crippen molar-refractivity contribution in [2.45, 2.75) is 47.8 Å². The molecule has 3 nitrogen and oxygen atoms in total. The third-order valence-electron chi connectivity index (χ3n) is 2.95. The minimum absolute atomic E-state index is 0.821. The zero-order valence-electron chi connectivity index (χ0n) is 12.2. The number of thiol groups is 1. The third kappa shape index (κ3) is 3.67. The molecule has 21 heteroatoms. The van der Waals surface area contributed by atoms with Gasteiger partial charge in [0.2, 0.25) is 10.9 Å². The Bertz CT molecular complexity index is 684. The molecule has 0 unspecified atom stereocenters. The van der Waals surface area contributed by atoms with Crippen molar-refractivity contribution in [1.29, 1.82) is 0 Å². The van der Waals surface area contributed by atoms with E-state index in [-0.39, 0.29) is 0 Å². The van der Waals surface area contributed by atoms with Crippen LogP contribution in [-0.2, 0) is 10.9 Å². The first-order valence-corrected chi connectivity index (χ1v) is 6.98. The van der Waals surface area contributed by atoms with E-state index in [4.69, 9.17) is 0 Å². The largest absolute Gasteiger partial charge is 0.460 e. The lowest BCUT2D eigenvalue weighted by molar-refractivity contribution is -0.462. The summed E-state index contributed by atoms with van der Waals surface area (Å²) in [6.45, 7) is 0. The van der Waals surface area contributed by atoms with Crippen LogP contribution in [-0.4, -0.2) is 56.2 Å². The van der Waals surface area contributed by atoms with Gasteiger partial charge in [0.1, 0.15) is 0 Å². The van der Waals surface area contributed by atoms with Crippen molar-refractivity contribution in [3.8, 4) is 0 Å². The summed E-state index contributed by atoms with van der Waals surface area (Å²) < 4.78 is 235. The molecule has 0 aliphatic rings. The lowest BCUT2D eigenvalue weighted by Gasteiger charge is -2.42. The summed E-state index contributed by atoms with van der Waals surface area (Å²) in [5.74, 6) is -50.9. The summed E-state index contributed by atoms with van der Waals surface area (Å²) >= 11 is 0. The Balaban J connectivity index is 6.72. The van der Waals surface area contributed by atoms with Gasteiger partial charge in [-0.15, -0.1) is 4.72 Å². The summed E-state index contributed by atoms with van der Waals surface area (Å²) in [5.41, 5.74) is 0. The quantitative estimate of drug-likeness (QED) is 0.301. The Morgan fingerprint density at radius 1 is 0.414 bits per heavy atom. The lowest BCUT2D eigenvalue weighted by atomic mass is 9.90. The van der Waals surface area contributed by atoms with Crippen molar-refractivity contribution in [1.82, 2.24) is 4.72 Å². The Kier molecular flexibility index (Phi) is 6.57. The van der Waals surface area contributed by atoms with Crippen LogP contribution in [0.5, 0.6) is 0 Å². The van der Waals surface area contributed by atoms with E-state index in [0.29, 0.717) is 0 Å². The van der Waals surface area contributed by atoms with E-state index in [1.165, 1.54) is 0 Å². The molecule has 0 aromatic carbocycles. The average Bonchev–Trinajstić information content (AvgIpc) is 2.43. The Labute approximate surface area is 147 Å². The first-order chi connectivity index (χ1) is 12.2. The highest BCUT2D eigenvalue weighted by Gasteiger charge is 2.95. The van der Waals surface area contributed by atoms with Gasteiger partial charge in [0.05, 0.1) is 0 Å². The lowest BCUT2D eigenvalue weighted by Crippen LogP contribution is -2.75. The second-order valence-electron chi connectivity index (χ2n) is 4.89. The molecule has 0 spiro atoms. The Morgan fingerprint density at radius 2 is 0.655 bits per heavy atom. The first-order valence-electron chi connectivity index (χ1n) is 5.80. The summed E-state index contributed by atoms with van der Waals surface area (Å²) in [7, 11) is -5.08. The second kappa shape index (κ2) is 6.87. The topological polar surface area (TPSA) is 46.2 Å². The van der Waals surface area contributed by atoms with E-state index >= 15 is 0 Å². The zero-order chi connectivity index (χ0) is 24.3. The Morgan fingerprint density at radius 3 is 0.897 bits per heavy atom. The third-order valence-corrected chi connectivity index (χ3v) is 3.42. The van der Waals surface area contributed by atoms with E-state index in [1.54, 1.807) is 0 Å². The van der Waals surface area contributed by atoms with Crippen LogP contribution in [0.2, 0.25) is 0 Å². The molecule has 0 aliphatic carbocycles. The summed E-state index contributed by atoms with van der Waals surface area (Å²) in [6, 6.07) is -7.13. The van der Waals surface area contributed by atoms with Gasteiger partial charge in [-0.25, -0.2) is 8.42 Å². The van der Waals surface area contributed by atoms with Gasteiger partial charge in [0.15, 0.2) is 0 Å². The molecular weight excluding hydrogens is 497 g/mol. The molecule has 0 rings (SSSR count). The Hall–Kier alpha value is -1.28. The van der Waals surface area contributed by atoms with Crippen molar-refractivity contribution >= 4 is 10.9 Å². The number of hydrogen-bond donors (Lipinski definition) is 2. The van der Waals surface area contributed by atoms with Crippen LogP contribution in [0.1, 0.15) is 0 Å². The van der Waals surface area contributed by atoms with E-state index in [2.05, 4.69) is 0 Å². The van der Waals surface area contributed by atoms with E-state index < -0.39 is 63.4 Å². The van der Waals surface area contributed by atoms with Crippen LogP contribution in [0.3, 0.4) is 0 Å². The molecule has 0 fully saturated rings. The monoisotopic (exact) mass is 499 g/mol. The molecular formula is C8H2F17NO2S. The maximum Gasteiger partial charge on any atom is 0.460 e. The van der Waals surface area contributed by atoms with E-state index in [9.17, 15) is 83.1 Å². The number of halogens is 17. The minimum atomic E-state index is -8.75. The van der Waals surface area contributed by atoms with E-state index in [1.807, 2.05) is 0 Å².